The van der Waals surface area contributed by atoms with E-state index >= 15 is 0 Å². The molecule has 1 amide bonds. The van der Waals surface area contributed by atoms with Crippen molar-refractivity contribution < 1.29 is 9.53 Å². The van der Waals surface area contributed by atoms with Gasteiger partial charge in [-0.2, -0.15) is 0 Å². The van der Waals surface area contributed by atoms with Gasteiger partial charge >= 0.3 is 0 Å². The van der Waals surface area contributed by atoms with Gasteiger partial charge in [-0.15, -0.1) is 0 Å². The first-order chi connectivity index (χ1) is 10.1. The minimum Gasteiger partial charge on any atom is -0.496 e. The highest BCUT2D eigenvalue weighted by atomic mass is 35.5. The van der Waals surface area contributed by atoms with Crippen LogP contribution in [-0.4, -0.2) is 43.1 Å². The minimum atomic E-state index is -0.146. The van der Waals surface area contributed by atoms with Gasteiger partial charge < -0.3 is 15.8 Å². The number of anilines is 1. The SMILES string of the molecule is COc1cc(N)c(Cl)cc1C(=O)N[C@H]1CCN2CCC[C@H]12. The van der Waals surface area contributed by atoms with Crippen LogP contribution >= 0.6 is 11.6 Å². The number of fused-ring (bicyclic) bond motifs is 1. The van der Waals surface area contributed by atoms with Crippen LogP contribution in [0.3, 0.4) is 0 Å². The van der Waals surface area contributed by atoms with E-state index in [1.54, 1.807) is 12.1 Å². The molecule has 2 saturated heterocycles. The predicted octanol–water partition coefficient (Wildman–Crippen LogP) is 1.90. The van der Waals surface area contributed by atoms with Crippen LogP contribution < -0.4 is 15.8 Å². The zero-order chi connectivity index (χ0) is 15.0. The molecule has 3 rings (SSSR count). The zero-order valence-electron chi connectivity index (χ0n) is 12.1. The lowest BCUT2D eigenvalue weighted by atomic mass is 10.1. The number of amides is 1. The number of ether oxygens (including phenoxy) is 1. The van der Waals surface area contributed by atoms with Crippen LogP contribution in [-0.2, 0) is 0 Å². The molecule has 3 N–H and O–H groups in total. The van der Waals surface area contributed by atoms with Crippen molar-refractivity contribution in [3.05, 3.63) is 22.7 Å². The molecule has 0 radical (unpaired) electrons. The van der Waals surface area contributed by atoms with Gasteiger partial charge in [0.05, 0.1) is 23.4 Å². The van der Waals surface area contributed by atoms with Crippen LogP contribution in [0, 0.1) is 0 Å². The first-order valence-corrected chi connectivity index (χ1v) is 7.66. The Morgan fingerprint density at radius 1 is 1.43 bits per heavy atom. The average Bonchev–Trinajstić information content (AvgIpc) is 3.06. The molecule has 0 spiro atoms. The van der Waals surface area contributed by atoms with Gasteiger partial charge in [0.25, 0.3) is 5.91 Å². The monoisotopic (exact) mass is 309 g/mol. The molecule has 5 nitrogen and oxygen atoms in total. The van der Waals surface area contributed by atoms with E-state index in [4.69, 9.17) is 22.1 Å². The molecule has 2 aliphatic rings. The van der Waals surface area contributed by atoms with Crippen LogP contribution in [0.1, 0.15) is 29.6 Å². The highest BCUT2D eigenvalue weighted by Gasteiger charge is 2.38. The summed E-state index contributed by atoms with van der Waals surface area (Å²) in [6.45, 7) is 2.21. The first kappa shape index (κ1) is 14.5. The molecule has 0 bridgehead atoms. The Morgan fingerprint density at radius 3 is 3.00 bits per heavy atom. The molecule has 2 heterocycles. The van der Waals surface area contributed by atoms with Gasteiger partial charge in [-0.1, -0.05) is 11.6 Å². The molecule has 1 aromatic carbocycles. The maximum Gasteiger partial charge on any atom is 0.255 e. The van der Waals surface area contributed by atoms with Crippen molar-refractivity contribution in [1.82, 2.24) is 10.2 Å². The number of carbonyl (C=O) groups excluding carboxylic acids is 1. The van der Waals surface area contributed by atoms with Crippen LogP contribution in [0.25, 0.3) is 0 Å². The van der Waals surface area contributed by atoms with Crippen molar-refractivity contribution in [3.63, 3.8) is 0 Å². The Kier molecular flexibility index (Phi) is 3.95. The fourth-order valence-corrected chi connectivity index (χ4v) is 3.58. The number of methoxy groups -OCH3 is 1. The summed E-state index contributed by atoms with van der Waals surface area (Å²) in [5.41, 5.74) is 6.60. The summed E-state index contributed by atoms with van der Waals surface area (Å²) in [5, 5.41) is 3.50. The fraction of sp³-hybridized carbons (Fsp3) is 0.533. The first-order valence-electron chi connectivity index (χ1n) is 7.28. The molecule has 21 heavy (non-hydrogen) atoms. The molecule has 0 aromatic heterocycles. The van der Waals surface area contributed by atoms with Gasteiger partial charge in [-0.3, -0.25) is 9.69 Å². The number of nitrogens with two attached hydrogens (primary N) is 1. The quantitative estimate of drug-likeness (QED) is 0.837. The Balaban J connectivity index is 1.78. The summed E-state index contributed by atoms with van der Waals surface area (Å²) < 4.78 is 5.24. The van der Waals surface area contributed by atoms with Gasteiger partial charge in [-0.25, -0.2) is 0 Å². The smallest absolute Gasteiger partial charge is 0.255 e. The van der Waals surface area contributed by atoms with Crippen molar-refractivity contribution >= 4 is 23.2 Å². The van der Waals surface area contributed by atoms with E-state index in [2.05, 4.69) is 10.2 Å². The fourth-order valence-electron chi connectivity index (χ4n) is 3.41. The van der Waals surface area contributed by atoms with Crippen LogP contribution in [0.5, 0.6) is 5.75 Å². The van der Waals surface area contributed by atoms with Gasteiger partial charge in [0.15, 0.2) is 0 Å². The van der Waals surface area contributed by atoms with E-state index in [9.17, 15) is 4.79 Å². The maximum atomic E-state index is 12.5. The normalized spacial score (nSPS) is 24.9. The third-order valence-electron chi connectivity index (χ3n) is 4.49. The molecule has 0 unspecified atom stereocenters. The van der Waals surface area contributed by atoms with Gasteiger partial charge in [-0.05, 0) is 31.9 Å². The second kappa shape index (κ2) is 5.73. The summed E-state index contributed by atoms with van der Waals surface area (Å²) in [6, 6.07) is 3.85. The molecule has 2 fully saturated rings. The topological polar surface area (TPSA) is 67.6 Å². The van der Waals surface area contributed by atoms with Gasteiger partial charge in [0.1, 0.15) is 5.75 Å². The third-order valence-corrected chi connectivity index (χ3v) is 4.81. The Morgan fingerprint density at radius 2 is 2.24 bits per heavy atom. The van der Waals surface area contributed by atoms with E-state index < -0.39 is 0 Å². The zero-order valence-corrected chi connectivity index (χ0v) is 12.8. The Bertz CT molecular complexity index is 564. The highest BCUT2D eigenvalue weighted by Crippen LogP contribution is 2.31. The molecule has 2 atom stereocenters. The number of nitrogens with zero attached hydrogens (tertiary/aromatic N) is 1. The second-order valence-electron chi connectivity index (χ2n) is 5.69. The molecule has 0 saturated carbocycles. The summed E-state index contributed by atoms with van der Waals surface area (Å²) >= 11 is 6.02. The van der Waals surface area contributed by atoms with Gasteiger partial charge in [0.2, 0.25) is 0 Å². The number of hydrogen-bond donors (Lipinski definition) is 2. The number of benzene rings is 1. The van der Waals surface area contributed by atoms with Gasteiger partial charge in [0, 0.05) is 24.7 Å². The van der Waals surface area contributed by atoms with Crippen LogP contribution in [0.2, 0.25) is 5.02 Å². The molecule has 1 aromatic rings. The standard InChI is InChI=1S/C15H20ClN3O2/c1-21-14-8-11(17)10(16)7-9(14)15(20)18-12-4-6-19-5-2-3-13(12)19/h7-8,12-13H,2-6,17H2,1H3,(H,18,20)/t12-,13+/m0/s1. The van der Waals surface area contributed by atoms with E-state index in [0.29, 0.717) is 28.1 Å². The molecule has 0 aliphatic carbocycles. The average molecular weight is 310 g/mol. The van der Waals surface area contributed by atoms with Crippen molar-refractivity contribution in [2.75, 3.05) is 25.9 Å². The molecule has 114 valence electrons. The number of halogens is 1. The predicted molar refractivity (Wildman–Crippen MR) is 82.9 cm³/mol. The van der Waals surface area contributed by atoms with Crippen molar-refractivity contribution in [2.24, 2.45) is 0 Å². The Hall–Kier alpha value is -1.46. The largest absolute Gasteiger partial charge is 0.496 e. The van der Waals surface area contributed by atoms with E-state index in [-0.39, 0.29) is 11.9 Å². The van der Waals surface area contributed by atoms with Crippen LogP contribution in [0.15, 0.2) is 12.1 Å². The summed E-state index contributed by atoms with van der Waals surface area (Å²) in [7, 11) is 1.52. The summed E-state index contributed by atoms with van der Waals surface area (Å²) in [4.78, 5) is 15.0. The summed E-state index contributed by atoms with van der Waals surface area (Å²) in [6.07, 6.45) is 3.38. The molecule has 6 heteroatoms. The minimum absolute atomic E-state index is 0.146. The van der Waals surface area contributed by atoms with Crippen LogP contribution in [0.4, 0.5) is 5.69 Å². The molecular formula is C15H20ClN3O2. The van der Waals surface area contributed by atoms with E-state index in [1.807, 2.05) is 0 Å². The number of rotatable bonds is 3. The van der Waals surface area contributed by atoms with Crippen molar-refractivity contribution in [1.29, 1.82) is 0 Å². The van der Waals surface area contributed by atoms with Crippen molar-refractivity contribution in [3.8, 4) is 5.75 Å². The lowest BCUT2D eigenvalue weighted by Crippen LogP contribution is -2.42. The Labute approximate surface area is 129 Å². The molecular weight excluding hydrogens is 290 g/mol. The summed E-state index contributed by atoms with van der Waals surface area (Å²) in [5.74, 6) is 0.308. The molecule has 2 aliphatic heterocycles. The number of hydrogen-bond acceptors (Lipinski definition) is 4. The third kappa shape index (κ3) is 2.68. The number of carbonyl (C=O) groups is 1. The van der Waals surface area contributed by atoms with Crippen molar-refractivity contribution in [2.45, 2.75) is 31.3 Å². The van der Waals surface area contributed by atoms with E-state index in [0.717, 1.165) is 25.9 Å². The van der Waals surface area contributed by atoms with E-state index in [1.165, 1.54) is 13.5 Å². The lowest BCUT2D eigenvalue weighted by molar-refractivity contribution is 0.0926. The number of nitrogen functional groups attached to an aromatic ring is 1. The highest BCUT2D eigenvalue weighted by molar-refractivity contribution is 6.33. The lowest BCUT2D eigenvalue weighted by Gasteiger charge is -2.22. The maximum absolute atomic E-state index is 12.5. The number of nitrogens with one attached hydrogen (secondary N) is 1. The second-order valence-corrected chi connectivity index (χ2v) is 6.10.